The standard InChI is InChI=1S/C15H20F2N2O/c1-10-4-2-3-5-14(10)19-15(20)9-18-13-7-11(16)6-12(17)8-13/h6-8,10,14,18H,2-5,9H2,1H3,(H,19,20). The Labute approximate surface area is 117 Å². The Morgan fingerprint density at radius 3 is 2.50 bits per heavy atom. The molecule has 2 rings (SSSR count). The van der Waals surface area contributed by atoms with Crippen LogP contribution in [0, 0.1) is 17.6 Å². The summed E-state index contributed by atoms with van der Waals surface area (Å²) in [6.45, 7) is 2.16. The number of nitrogens with one attached hydrogen (secondary N) is 2. The van der Waals surface area contributed by atoms with Crippen molar-refractivity contribution in [2.75, 3.05) is 11.9 Å². The van der Waals surface area contributed by atoms with Gasteiger partial charge in [-0.3, -0.25) is 4.79 Å². The second kappa shape index (κ2) is 6.68. The van der Waals surface area contributed by atoms with Crippen molar-refractivity contribution in [3.63, 3.8) is 0 Å². The highest BCUT2D eigenvalue weighted by molar-refractivity contribution is 5.81. The molecular formula is C15H20F2N2O. The number of halogens is 2. The van der Waals surface area contributed by atoms with Crippen LogP contribution in [0.2, 0.25) is 0 Å². The molecule has 0 aliphatic heterocycles. The van der Waals surface area contributed by atoms with Gasteiger partial charge < -0.3 is 10.6 Å². The second-order valence-corrected chi connectivity index (χ2v) is 5.45. The maximum absolute atomic E-state index is 13.0. The molecule has 20 heavy (non-hydrogen) atoms. The summed E-state index contributed by atoms with van der Waals surface area (Å²) in [4.78, 5) is 11.8. The van der Waals surface area contributed by atoms with Gasteiger partial charge in [0.1, 0.15) is 11.6 Å². The predicted octanol–water partition coefficient (Wildman–Crippen LogP) is 3.07. The Morgan fingerprint density at radius 2 is 1.85 bits per heavy atom. The third kappa shape index (κ3) is 4.18. The molecule has 110 valence electrons. The molecule has 0 bridgehead atoms. The summed E-state index contributed by atoms with van der Waals surface area (Å²) >= 11 is 0. The van der Waals surface area contributed by atoms with Crippen molar-refractivity contribution in [3.8, 4) is 0 Å². The smallest absolute Gasteiger partial charge is 0.239 e. The number of benzene rings is 1. The maximum Gasteiger partial charge on any atom is 0.239 e. The first-order valence-corrected chi connectivity index (χ1v) is 7.04. The van der Waals surface area contributed by atoms with Crippen molar-refractivity contribution in [2.45, 2.75) is 38.6 Å². The van der Waals surface area contributed by atoms with Crippen LogP contribution in [0.4, 0.5) is 14.5 Å². The van der Waals surface area contributed by atoms with Crippen molar-refractivity contribution in [2.24, 2.45) is 5.92 Å². The number of anilines is 1. The minimum absolute atomic E-state index is 0.0200. The molecule has 1 fully saturated rings. The minimum atomic E-state index is -0.659. The summed E-state index contributed by atoms with van der Waals surface area (Å²) in [5.41, 5.74) is 0.273. The van der Waals surface area contributed by atoms with Crippen LogP contribution < -0.4 is 10.6 Å². The molecule has 0 radical (unpaired) electrons. The third-order valence-corrected chi connectivity index (χ3v) is 3.77. The lowest BCUT2D eigenvalue weighted by molar-refractivity contribution is -0.120. The fourth-order valence-corrected chi connectivity index (χ4v) is 2.63. The summed E-state index contributed by atoms with van der Waals surface area (Å²) in [6, 6.07) is 3.34. The highest BCUT2D eigenvalue weighted by Crippen LogP contribution is 2.23. The van der Waals surface area contributed by atoms with Gasteiger partial charge in [0.05, 0.1) is 6.54 Å². The minimum Gasteiger partial charge on any atom is -0.376 e. The molecule has 0 saturated heterocycles. The molecule has 1 amide bonds. The Bertz CT molecular complexity index is 459. The second-order valence-electron chi connectivity index (χ2n) is 5.45. The zero-order valence-corrected chi connectivity index (χ0v) is 11.6. The van der Waals surface area contributed by atoms with Crippen molar-refractivity contribution in [1.82, 2.24) is 5.32 Å². The van der Waals surface area contributed by atoms with Crippen LogP contribution in [0.5, 0.6) is 0 Å². The highest BCUT2D eigenvalue weighted by Gasteiger charge is 2.22. The van der Waals surface area contributed by atoms with Crippen molar-refractivity contribution in [1.29, 1.82) is 0 Å². The van der Waals surface area contributed by atoms with E-state index in [4.69, 9.17) is 0 Å². The number of carbonyl (C=O) groups excluding carboxylic acids is 1. The number of amides is 1. The van der Waals surface area contributed by atoms with Crippen molar-refractivity contribution in [3.05, 3.63) is 29.8 Å². The average Bonchev–Trinajstić information content (AvgIpc) is 2.38. The summed E-state index contributed by atoms with van der Waals surface area (Å²) in [7, 11) is 0. The van der Waals surface area contributed by atoms with Gasteiger partial charge in [-0.05, 0) is 30.9 Å². The molecule has 0 spiro atoms. The van der Waals surface area contributed by atoms with Crippen molar-refractivity contribution >= 4 is 11.6 Å². The first-order valence-electron chi connectivity index (χ1n) is 7.04. The van der Waals surface area contributed by atoms with E-state index < -0.39 is 11.6 Å². The fraction of sp³-hybridized carbons (Fsp3) is 0.533. The third-order valence-electron chi connectivity index (χ3n) is 3.77. The maximum atomic E-state index is 13.0. The monoisotopic (exact) mass is 282 g/mol. The molecule has 1 aromatic rings. The van der Waals surface area contributed by atoms with Crippen LogP contribution >= 0.6 is 0 Å². The topological polar surface area (TPSA) is 41.1 Å². The van der Waals surface area contributed by atoms with Crippen LogP contribution in [0.15, 0.2) is 18.2 Å². The van der Waals surface area contributed by atoms with E-state index in [1.54, 1.807) is 0 Å². The van der Waals surface area contributed by atoms with E-state index in [2.05, 4.69) is 17.6 Å². The van der Waals surface area contributed by atoms with Gasteiger partial charge in [0.15, 0.2) is 0 Å². The van der Waals surface area contributed by atoms with Gasteiger partial charge >= 0.3 is 0 Å². The molecule has 3 nitrogen and oxygen atoms in total. The zero-order valence-electron chi connectivity index (χ0n) is 11.6. The Balaban J connectivity index is 1.82. The normalized spacial score (nSPS) is 22.4. The SMILES string of the molecule is CC1CCCCC1NC(=O)CNc1cc(F)cc(F)c1. The van der Waals surface area contributed by atoms with Gasteiger partial charge in [-0.15, -0.1) is 0 Å². The van der Waals surface area contributed by atoms with Gasteiger partial charge in [-0.25, -0.2) is 8.78 Å². The van der Waals surface area contributed by atoms with E-state index in [1.165, 1.54) is 18.6 Å². The molecule has 0 heterocycles. The van der Waals surface area contributed by atoms with E-state index in [-0.39, 0.29) is 24.2 Å². The predicted molar refractivity (Wildman–Crippen MR) is 74.4 cm³/mol. The summed E-state index contributed by atoms with van der Waals surface area (Å²) in [5, 5.41) is 5.72. The van der Waals surface area contributed by atoms with E-state index in [1.807, 2.05) is 0 Å². The summed E-state index contributed by atoms with van der Waals surface area (Å²) in [5.74, 6) is -0.977. The van der Waals surface area contributed by atoms with Crippen molar-refractivity contribution < 1.29 is 13.6 Å². The number of hydrogen-bond donors (Lipinski definition) is 2. The molecule has 1 aromatic carbocycles. The molecule has 2 atom stereocenters. The van der Waals surface area contributed by atoms with Gasteiger partial charge in [-0.2, -0.15) is 0 Å². The zero-order chi connectivity index (χ0) is 14.5. The van der Waals surface area contributed by atoms with Crippen LogP contribution in [0.25, 0.3) is 0 Å². The quantitative estimate of drug-likeness (QED) is 0.891. The first-order chi connectivity index (χ1) is 9.54. The number of carbonyl (C=O) groups is 1. The largest absolute Gasteiger partial charge is 0.376 e. The lowest BCUT2D eigenvalue weighted by atomic mass is 9.86. The summed E-state index contributed by atoms with van der Waals surface area (Å²) in [6.07, 6.45) is 4.49. The van der Waals surface area contributed by atoms with Crippen LogP contribution in [-0.2, 0) is 4.79 Å². The fourth-order valence-electron chi connectivity index (χ4n) is 2.63. The molecular weight excluding hydrogens is 262 g/mol. The van der Waals surface area contributed by atoms with Crippen LogP contribution in [-0.4, -0.2) is 18.5 Å². The lowest BCUT2D eigenvalue weighted by Gasteiger charge is -2.29. The molecule has 1 aliphatic carbocycles. The van der Waals surface area contributed by atoms with E-state index in [9.17, 15) is 13.6 Å². The van der Waals surface area contributed by atoms with Crippen LogP contribution in [0.1, 0.15) is 32.6 Å². The van der Waals surface area contributed by atoms with E-state index >= 15 is 0 Å². The van der Waals surface area contributed by atoms with E-state index in [0.717, 1.165) is 25.3 Å². The van der Waals surface area contributed by atoms with E-state index in [0.29, 0.717) is 5.92 Å². The molecule has 2 N–H and O–H groups in total. The molecule has 2 unspecified atom stereocenters. The first kappa shape index (κ1) is 14.8. The average molecular weight is 282 g/mol. The summed E-state index contributed by atoms with van der Waals surface area (Å²) < 4.78 is 26.0. The van der Waals surface area contributed by atoms with Gasteiger partial charge in [0.2, 0.25) is 5.91 Å². The van der Waals surface area contributed by atoms with Gasteiger partial charge in [0, 0.05) is 17.8 Å². The lowest BCUT2D eigenvalue weighted by Crippen LogP contribution is -2.43. The Hall–Kier alpha value is -1.65. The molecule has 0 aromatic heterocycles. The number of rotatable bonds is 4. The molecule has 5 heteroatoms. The number of hydrogen-bond acceptors (Lipinski definition) is 2. The Morgan fingerprint density at radius 1 is 1.20 bits per heavy atom. The van der Waals surface area contributed by atoms with Crippen LogP contribution in [0.3, 0.4) is 0 Å². The molecule has 1 aliphatic rings. The Kier molecular flexibility index (Phi) is 4.93. The van der Waals surface area contributed by atoms with Gasteiger partial charge in [-0.1, -0.05) is 19.8 Å². The molecule has 1 saturated carbocycles. The van der Waals surface area contributed by atoms with Gasteiger partial charge in [0.25, 0.3) is 0 Å². The highest BCUT2D eigenvalue weighted by atomic mass is 19.1.